The molecule has 1 aromatic carbocycles. The van der Waals surface area contributed by atoms with Gasteiger partial charge in [0.25, 0.3) is 5.89 Å². The Labute approximate surface area is 113 Å². The molecule has 0 aliphatic carbocycles. The summed E-state index contributed by atoms with van der Waals surface area (Å²) in [5.41, 5.74) is 1.25. The highest BCUT2D eigenvalue weighted by atomic mass is 19.1. The van der Waals surface area contributed by atoms with Gasteiger partial charge in [-0.1, -0.05) is 11.2 Å². The van der Waals surface area contributed by atoms with E-state index in [1.807, 2.05) is 12.1 Å². The lowest BCUT2D eigenvalue weighted by Crippen LogP contribution is -1.91. The third-order valence-electron chi connectivity index (χ3n) is 2.74. The SMILES string of the molecule is Oc1cc(F)ccc1-c1nc(Cc2cccnc2)no1. The van der Waals surface area contributed by atoms with E-state index in [1.54, 1.807) is 12.4 Å². The molecule has 0 fully saturated rings. The highest BCUT2D eigenvalue weighted by Gasteiger charge is 2.13. The minimum atomic E-state index is -0.527. The molecule has 2 heterocycles. The molecule has 20 heavy (non-hydrogen) atoms. The average Bonchev–Trinajstić information content (AvgIpc) is 2.88. The van der Waals surface area contributed by atoms with Crippen molar-refractivity contribution in [3.8, 4) is 17.2 Å². The van der Waals surface area contributed by atoms with Crippen molar-refractivity contribution in [1.82, 2.24) is 15.1 Å². The summed E-state index contributed by atoms with van der Waals surface area (Å²) in [5, 5.41) is 13.5. The summed E-state index contributed by atoms with van der Waals surface area (Å²) >= 11 is 0. The molecule has 3 aromatic rings. The van der Waals surface area contributed by atoms with Gasteiger partial charge < -0.3 is 9.63 Å². The Kier molecular flexibility index (Phi) is 3.12. The summed E-state index contributed by atoms with van der Waals surface area (Å²) in [4.78, 5) is 8.18. The summed E-state index contributed by atoms with van der Waals surface area (Å²) < 4.78 is 18.0. The maximum absolute atomic E-state index is 12.9. The molecule has 6 heteroatoms. The molecular weight excluding hydrogens is 261 g/mol. The second kappa shape index (κ2) is 5.08. The van der Waals surface area contributed by atoms with Crippen molar-refractivity contribution >= 4 is 0 Å². The van der Waals surface area contributed by atoms with Crippen LogP contribution in [0.3, 0.4) is 0 Å². The van der Waals surface area contributed by atoms with E-state index in [9.17, 15) is 9.50 Å². The summed E-state index contributed by atoms with van der Waals surface area (Å²) in [5.74, 6) is -0.138. The standard InChI is InChI=1S/C14H10FN3O2/c15-10-3-4-11(12(19)7-10)14-17-13(18-20-14)6-9-2-1-5-16-8-9/h1-5,7-8,19H,6H2. The molecule has 0 atom stereocenters. The number of pyridine rings is 1. The second-order valence-electron chi connectivity index (χ2n) is 4.22. The monoisotopic (exact) mass is 271 g/mol. The van der Waals surface area contributed by atoms with Crippen LogP contribution in [0.15, 0.2) is 47.2 Å². The Morgan fingerprint density at radius 2 is 2.15 bits per heavy atom. The number of aromatic hydroxyl groups is 1. The molecule has 0 amide bonds. The summed E-state index contributed by atoms with van der Waals surface area (Å²) in [7, 11) is 0. The van der Waals surface area contributed by atoms with Crippen LogP contribution in [0.25, 0.3) is 11.5 Å². The number of hydrogen-bond donors (Lipinski definition) is 1. The third kappa shape index (κ3) is 2.49. The minimum absolute atomic E-state index is 0.154. The number of aromatic nitrogens is 3. The molecule has 0 radical (unpaired) electrons. The van der Waals surface area contributed by atoms with Crippen LogP contribution in [0.1, 0.15) is 11.4 Å². The fraction of sp³-hybridized carbons (Fsp3) is 0.0714. The first-order valence-corrected chi connectivity index (χ1v) is 5.93. The first-order chi connectivity index (χ1) is 9.72. The van der Waals surface area contributed by atoms with Gasteiger partial charge in [-0.25, -0.2) is 4.39 Å². The first kappa shape index (κ1) is 12.3. The molecule has 0 aliphatic rings. The van der Waals surface area contributed by atoms with Crippen molar-refractivity contribution < 1.29 is 14.0 Å². The van der Waals surface area contributed by atoms with Crippen LogP contribution in [0, 0.1) is 5.82 Å². The van der Waals surface area contributed by atoms with Crippen molar-refractivity contribution in [2.24, 2.45) is 0 Å². The van der Waals surface area contributed by atoms with Crippen molar-refractivity contribution in [1.29, 1.82) is 0 Å². The summed E-state index contributed by atoms with van der Waals surface area (Å²) in [6.45, 7) is 0. The van der Waals surface area contributed by atoms with Crippen molar-refractivity contribution in [3.05, 3.63) is 59.9 Å². The molecule has 5 nitrogen and oxygen atoms in total. The van der Waals surface area contributed by atoms with Crippen LogP contribution in [-0.2, 0) is 6.42 Å². The van der Waals surface area contributed by atoms with Crippen LogP contribution >= 0.6 is 0 Å². The van der Waals surface area contributed by atoms with Gasteiger partial charge in [0.15, 0.2) is 5.82 Å². The number of benzene rings is 1. The lowest BCUT2D eigenvalue weighted by Gasteiger charge is -1.98. The predicted octanol–water partition coefficient (Wildman–Crippen LogP) is 2.57. The predicted molar refractivity (Wildman–Crippen MR) is 68.4 cm³/mol. The van der Waals surface area contributed by atoms with Gasteiger partial charge in [-0.15, -0.1) is 0 Å². The maximum atomic E-state index is 12.9. The molecular formula is C14H10FN3O2. The highest BCUT2D eigenvalue weighted by Crippen LogP contribution is 2.28. The van der Waals surface area contributed by atoms with E-state index < -0.39 is 5.82 Å². The Morgan fingerprint density at radius 1 is 1.25 bits per heavy atom. The summed E-state index contributed by atoms with van der Waals surface area (Å²) in [6, 6.07) is 7.34. The minimum Gasteiger partial charge on any atom is -0.507 e. The molecule has 0 aliphatic heterocycles. The fourth-order valence-electron chi connectivity index (χ4n) is 1.81. The van der Waals surface area contributed by atoms with Gasteiger partial charge in [0, 0.05) is 24.9 Å². The van der Waals surface area contributed by atoms with Crippen LogP contribution in [0.4, 0.5) is 4.39 Å². The van der Waals surface area contributed by atoms with Crippen molar-refractivity contribution in [2.45, 2.75) is 6.42 Å². The third-order valence-corrected chi connectivity index (χ3v) is 2.74. The molecule has 1 N–H and O–H groups in total. The van der Waals surface area contributed by atoms with Crippen molar-refractivity contribution in [2.75, 3.05) is 0 Å². The Bertz CT molecular complexity index is 728. The highest BCUT2D eigenvalue weighted by molar-refractivity contribution is 5.61. The normalized spacial score (nSPS) is 10.7. The lowest BCUT2D eigenvalue weighted by molar-refractivity contribution is 0.418. The quantitative estimate of drug-likeness (QED) is 0.792. The zero-order chi connectivity index (χ0) is 13.9. The number of halogens is 1. The van der Waals surface area contributed by atoms with E-state index in [2.05, 4.69) is 15.1 Å². The number of nitrogens with zero attached hydrogens (tertiary/aromatic N) is 3. The van der Waals surface area contributed by atoms with Crippen molar-refractivity contribution in [3.63, 3.8) is 0 Å². The zero-order valence-electron chi connectivity index (χ0n) is 10.3. The number of rotatable bonds is 3. The van der Waals surface area contributed by atoms with Crippen LogP contribution in [-0.4, -0.2) is 20.2 Å². The molecule has 0 spiro atoms. The number of hydrogen-bond acceptors (Lipinski definition) is 5. The van der Waals surface area contributed by atoms with Gasteiger partial charge in [-0.2, -0.15) is 4.98 Å². The largest absolute Gasteiger partial charge is 0.507 e. The smallest absolute Gasteiger partial charge is 0.261 e. The van der Waals surface area contributed by atoms with E-state index in [1.165, 1.54) is 12.1 Å². The first-order valence-electron chi connectivity index (χ1n) is 5.93. The van der Waals surface area contributed by atoms with Gasteiger partial charge in [0.1, 0.15) is 11.6 Å². The molecule has 0 saturated heterocycles. The van der Waals surface area contributed by atoms with Crippen LogP contribution in [0.5, 0.6) is 5.75 Å². The van der Waals surface area contributed by atoms with Gasteiger partial charge in [0.05, 0.1) is 5.56 Å². The van der Waals surface area contributed by atoms with E-state index in [0.717, 1.165) is 11.6 Å². The molecule has 0 unspecified atom stereocenters. The fourth-order valence-corrected chi connectivity index (χ4v) is 1.81. The Morgan fingerprint density at radius 3 is 2.90 bits per heavy atom. The lowest BCUT2D eigenvalue weighted by atomic mass is 10.2. The molecule has 0 bridgehead atoms. The molecule has 3 rings (SSSR count). The van der Waals surface area contributed by atoms with Crippen LogP contribution < -0.4 is 0 Å². The molecule has 0 saturated carbocycles. The topological polar surface area (TPSA) is 72.0 Å². The van der Waals surface area contributed by atoms with Gasteiger partial charge in [-0.05, 0) is 23.8 Å². The number of phenolic OH excluding ortho intramolecular Hbond substituents is 1. The number of phenols is 1. The van der Waals surface area contributed by atoms with E-state index >= 15 is 0 Å². The van der Waals surface area contributed by atoms with E-state index in [0.29, 0.717) is 17.8 Å². The van der Waals surface area contributed by atoms with Gasteiger partial charge in [0.2, 0.25) is 0 Å². The maximum Gasteiger partial charge on any atom is 0.261 e. The van der Waals surface area contributed by atoms with E-state index in [-0.39, 0.29) is 11.6 Å². The molecule has 2 aromatic heterocycles. The second-order valence-corrected chi connectivity index (χ2v) is 4.22. The summed E-state index contributed by atoms with van der Waals surface area (Å²) in [6.07, 6.45) is 3.87. The Balaban J connectivity index is 1.87. The van der Waals surface area contributed by atoms with Gasteiger partial charge in [-0.3, -0.25) is 4.98 Å². The average molecular weight is 271 g/mol. The van der Waals surface area contributed by atoms with Crippen LogP contribution in [0.2, 0.25) is 0 Å². The zero-order valence-corrected chi connectivity index (χ0v) is 10.3. The van der Waals surface area contributed by atoms with Gasteiger partial charge >= 0.3 is 0 Å². The van der Waals surface area contributed by atoms with E-state index in [4.69, 9.17) is 4.52 Å². The molecule has 100 valence electrons. The Hall–Kier alpha value is -2.76.